The van der Waals surface area contributed by atoms with Crippen LogP contribution in [0.1, 0.15) is 18.4 Å². The number of anilines is 1. The molecule has 1 aliphatic rings. The minimum Gasteiger partial charge on any atom is -0.492 e. The molecule has 6 nitrogen and oxygen atoms in total. The SMILES string of the molecule is Cc1cccc(OCCN(C)C(=O)C2CCN(c3nc4ccccc4o3)CC2)c1. The second kappa shape index (κ2) is 8.55. The maximum absolute atomic E-state index is 12.8. The summed E-state index contributed by atoms with van der Waals surface area (Å²) in [5, 5.41) is 0. The number of benzene rings is 2. The molecule has 2 aromatic carbocycles. The molecule has 3 aromatic rings. The van der Waals surface area contributed by atoms with Gasteiger partial charge in [-0.2, -0.15) is 4.98 Å². The molecule has 1 aliphatic heterocycles. The van der Waals surface area contributed by atoms with Gasteiger partial charge in [0.1, 0.15) is 17.9 Å². The summed E-state index contributed by atoms with van der Waals surface area (Å²) in [6.07, 6.45) is 1.61. The first kappa shape index (κ1) is 19.3. The van der Waals surface area contributed by atoms with Gasteiger partial charge < -0.3 is 19.0 Å². The van der Waals surface area contributed by atoms with Crippen molar-refractivity contribution < 1.29 is 13.9 Å². The number of amides is 1. The molecule has 0 saturated carbocycles. The lowest BCUT2D eigenvalue weighted by molar-refractivity contribution is -0.135. The van der Waals surface area contributed by atoms with Crippen LogP contribution < -0.4 is 9.64 Å². The molecule has 0 radical (unpaired) electrons. The highest BCUT2D eigenvalue weighted by molar-refractivity contribution is 5.79. The van der Waals surface area contributed by atoms with Gasteiger partial charge in [-0.3, -0.25) is 4.79 Å². The molecule has 0 bridgehead atoms. The number of aryl methyl sites for hydroxylation is 1. The number of fused-ring (bicyclic) bond motifs is 1. The van der Waals surface area contributed by atoms with E-state index in [9.17, 15) is 4.79 Å². The number of hydrogen-bond donors (Lipinski definition) is 0. The zero-order chi connectivity index (χ0) is 20.2. The van der Waals surface area contributed by atoms with E-state index in [1.54, 1.807) is 4.90 Å². The molecular formula is C23H27N3O3. The van der Waals surface area contributed by atoms with Crippen molar-refractivity contribution in [3.8, 4) is 5.75 Å². The van der Waals surface area contributed by atoms with Crippen LogP contribution in [0.4, 0.5) is 6.01 Å². The number of nitrogens with zero attached hydrogens (tertiary/aromatic N) is 3. The number of rotatable bonds is 6. The molecule has 152 valence electrons. The van der Waals surface area contributed by atoms with E-state index in [0.717, 1.165) is 48.3 Å². The number of para-hydroxylation sites is 2. The molecule has 1 fully saturated rings. The number of carbonyl (C=O) groups is 1. The van der Waals surface area contributed by atoms with E-state index in [1.807, 2.05) is 62.5 Å². The second-order valence-electron chi connectivity index (χ2n) is 7.65. The number of ether oxygens (including phenoxy) is 1. The fourth-order valence-corrected chi connectivity index (χ4v) is 3.74. The summed E-state index contributed by atoms with van der Waals surface area (Å²) in [7, 11) is 1.86. The fourth-order valence-electron chi connectivity index (χ4n) is 3.74. The van der Waals surface area contributed by atoms with Crippen LogP contribution >= 0.6 is 0 Å². The number of piperidine rings is 1. The zero-order valence-corrected chi connectivity index (χ0v) is 17.0. The van der Waals surface area contributed by atoms with Crippen molar-refractivity contribution >= 4 is 23.0 Å². The van der Waals surface area contributed by atoms with E-state index < -0.39 is 0 Å². The Morgan fingerprint density at radius 3 is 2.76 bits per heavy atom. The first-order valence-electron chi connectivity index (χ1n) is 10.1. The monoisotopic (exact) mass is 393 g/mol. The van der Waals surface area contributed by atoms with Gasteiger partial charge in [-0.1, -0.05) is 24.3 Å². The van der Waals surface area contributed by atoms with E-state index in [1.165, 1.54) is 0 Å². The van der Waals surface area contributed by atoms with Gasteiger partial charge >= 0.3 is 0 Å². The third kappa shape index (κ3) is 4.53. The largest absolute Gasteiger partial charge is 0.492 e. The molecule has 0 atom stereocenters. The summed E-state index contributed by atoms with van der Waals surface area (Å²) in [5.41, 5.74) is 2.83. The van der Waals surface area contributed by atoms with Crippen molar-refractivity contribution in [3.05, 3.63) is 54.1 Å². The lowest BCUT2D eigenvalue weighted by atomic mass is 9.95. The van der Waals surface area contributed by atoms with Gasteiger partial charge in [0.25, 0.3) is 6.01 Å². The topological polar surface area (TPSA) is 58.8 Å². The first-order valence-corrected chi connectivity index (χ1v) is 10.1. The van der Waals surface area contributed by atoms with E-state index in [2.05, 4.69) is 9.88 Å². The molecule has 1 aromatic heterocycles. The molecule has 2 heterocycles. The molecular weight excluding hydrogens is 366 g/mol. The number of aromatic nitrogens is 1. The Hall–Kier alpha value is -3.02. The Balaban J connectivity index is 1.25. The van der Waals surface area contributed by atoms with Gasteiger partial charge in [-0.15, -0.1) is 0 Å². The van der Waals surface area contributed by atoms with Crippen molar-refractivity contribution in [2.45, 2.75) is 19.8 Å². The lowest BCUT2D eigenvalue weighted by Gasteiger charge is -2.32. The summed E-state index contributed by atoms with van der Waals surface area (Å²) in [6.45, 7) is 4.66. The highest BCUT2D eigenvalue weighted by atomic mass is 16.5. The lowest BCUT2D eigenvalue weighted by Crippen LogP contribution is -2.42. The minimum atomic E-state index is 0.0413. The van der Waals surface area contributed by atoms with Crippen molar-refractivity contribution in [2.24, 2.45) is 5.92 Å². The van der Waals surface area contributed by atoms with Gasteiger partial charge in [0.05, 0.1) is 6.54 Å². The summed E-state index contributed by atoms with van der Waals surface area (Å²) in [6, 6.07) is 16.4. The minimum absolute atomic E-state index is 0.0413. The van der Waals surface area contributed by atoms with Crippen LogP contribution in [0, 0.1) is 12.8 Å². The van der Waals surface area contributed by atoms with Crippen LogP contribution in [0.2, 0.25) is 0 Å². The number of carbonyl (C=O) groups excluding carboxylic acids is 1. The summed E-state index contributed by atoms with van der Waals surface area (Å²) < 4.78 is 11.6. The van der Waals surface area contributed by atoms with Crippen molar-refractivity contribution in [1.82, 2.24) is 9.88 Å². The molecule has 1 saturated heterocycles. The summed E-state index contributed by atoms with van der Waals surface area (Å²) >= 11 is 0. The molecule has 0 unspecified atom stereocenters. The number of hydrogen-bond acceptors (Lipinski definition) is 5. The zero-order valence-electron chi connectivity index (χ0n) is 17.0. The maximum atomic E-state index is 12.8. The maximum Gasteiger partial charge on any atom is 0.298 e. The van der Waals surface area contributed by atoms with Crippen molar-refractivity contribution in [3.63, 3.8) is 0 Å². The third-order valence-electron chi connectivity index (χ3n) is 5.46. The Kier molecular flexibility index (Phi) is 5.69. The molecule has 0 spiro atoms. The van der Waals surface area contributed by atoms with E-state index in [0.29, 0.717) is 19.2 Å². The van der Waals surface area contributed by atoms with Crippen LogP contribution in [0.3, 0.4) is 0 Å². The standard InChI is InChI=1S/C23H27N3O3/c1-17-6-5-7-19(16-17)28-15-14-25(2)22(27)18-10-12-26(13-11-18)23-24-20-8-3-4-9-21(20)29-23/h3-9,16,18H,10-15H2,1-2H3. The van der Waals surface area contributed by atoms with Crippen LogP contribution in [0.15, 0.2) is 52.9 Å². The molecule has 0 aliphatic carbocycles. The molecule has 4 rings (SSSR count). The van der Waals surface area contributed by atoms with Crippen LogP contribution in [0.25, 0.3) is 11.1 Å². The van der Waals surface area contributed by atoms with Crippen molar-refractivity contribution in [2.75, 3.05) is 38.2 Å². The highest BCUT2D eigenvalue weighted by Crippen LogP contribution is 2.27. The molecule has 6 heteroatoms. The van der Waals surface area contributed by atoms with Gasteiger partial charge in [0.15, 0.2) is 5.58 Å². The van der Waals surface area contributed by atoms with Gasteiger partial charge in [0, 0.05) is 26.1 Å². The predicted molar refractivity (Wildman–Crippen MR) is 113 cm³/mol. The third-order valence-corrected chi connectivity index (χ3v) is 5.46. The molecule has 29 heavy (non-hydrogen) atoms. The fraction of sp³-hybridized carbons (Fsp3) is 0.391. The number of likely N-dealkylation sites (N-methyl/N-ethyl adjacent to an activating group) is 1. The van der Waals surface area contributed by atoms with E-state index in [-0.39, 0.29) is 11.8 Å². The summed E-state index contributed by atoms with van der Waals surface area (Å²) in [5.74, 6) is 1.08. The Labute approximate surface area is 171 Å². The van der Waals surface area contributed by atoms with Crippen LogP contribution in [-0.2, 0) is 4.79 Å². The average molecular weight is 393 g/mol. The molecule has 0 N–H and O–H groups in total. The predicted octanol–water partition coefficient (Wildman–Crippen LogP) is 3.89. The van der Waals surface area contributed by atoms with E-state index >= 15 is 0 Å². The first-order chi connectivity index (χ1) is 14.1. The second-order valence-corrected chi connectivity index (χ2v) is 7.65. The van der Waals surface area contributed by atoms with E-state index in [4.69, 9.17) is 9.15 Å². The highest BCUT2D eigenvalue weighted by Gasteiger charge is 2.29. The Morgan fingerprint density at radius 1 is 1.21 bits per heavy atom. The Bertz CT molecular complexity index is 943. The van der Waals surface area contributed by atoms with Gasteiger partial charge in [-0.25, -0.2) is 0 Å². The smallest absolute Gasteiger partial charge is 0.298 e. The summed E-state index contributed by atoms with van der Waals surface area (Å²) in [4.78, 5) is 21.3. The Morgan fingerprint density at radius 2 is 2.00 bits per heavy atom. The normalized spacial score (nSPS) is 14.9. The van der Waals surface area contributed by atoms with Crippen LogP contribution in [-0.4, -0.2) is 49.1 Å². The van der Waals surface area contributed by atoms with Gasteiger partial charge in [-0.05, 0) is 49.6 Å². The van der Waals surface area contributed by atoms with Gasteiger partial charge in [0.2, 0.25) is 5.91 Å². The van der Waals surface area contributed by atoms with Crippen molar-refractivity contribution in [1.29, 1.82) is 0 Å². The number of oxazole rings is 1. The van der Waals surface area contributed by atoms with Crippen LogP contribution in [0.5, 0.6) is 5.75 Å². The molecule has 1 amide bonds. The quantitative estimate of drug-likeness (QED) is 0.636. The average Bonchev–Trinajstić information content (AvgIpc) is 3.17.